The van der Waals surface area contributed by atoms with Gasteiger partial charge in [-0.3, -0.25) is 4.98 Å². The first-order valence-corrected chi connectivity index (χ1v) is 9.26. The van der Waals surface area contributed by atoms with Gasteiger partial charge in [0.05, 0.1) is 0 Å². The Hall–Kier alpha value is -2.56. The first-order chi connectivity index (χ1) is 12.0. The Morgan fingerprint density at radius 2 is 1.92 bits per heavy atom. The number of nitrogen functional groups attached to an aromatic ring is 1. The van der Waals surface area contributed by atoms with Gasteiger partial charge in [0.2, 0.25) is 16.0 Å². The van der Waals surface area contributed by atoms with E-state index >= 15 is 0 Å². The van der Waals surface area contributed by atoms with Crippen molar-refractivity contribution in [1.29, 1.82) is 0 Å². The fraction of sp³-hybridized carbons (Fsp3) is 0.267. The molecule has 3 N–H and O–H groups in total. The summed E-state index contributed by atoms with van der Waals surface area (Å²) < 4.78 is 28.6. The molecular formula is C15H17N7O2S. The van der Waals surface area contributed by atoms with Gasteiger partial charge in [-0.2, -0.15) is 9.29 Å². The minimum absolute atomic E-state index is 0.185. The number of pyridine rings is 2. The van der Waals surface area contributed by atoms with Crippen LogP contribution in [-0.2, 0) is 10.0 Å². The van der Waals surface area contributed by atoms with Crippen LogP contribution < -0.4 is 11.1 Å². The molecule has 1 saturated heterocycles. The molecule has 3 aromatic heterocycles. The Kier molecular flexibility index (Phi) is 3.86. The topological polar surface area (TPSA) is 119 Å². The molecule has 0 aliphatic carbocycles. The standard InChI is InChI=1S/C15H17N7O2S/c16-15-19-14-2-1-11(10-22(14)20-15)12-7-13(9-18-8-12)25(23,24)21-5-3-17-4-6-21/h1-2,7-10,17H,3-6H2,(H2,16,20). The summed E-state index contributed by atoms with van der Waals surface area (Å²) in [7, 11) is -3.55. The molecule has 4 rings (SSSR count). The third kappa shape index (κ3) is 2.95. The predicted octanol–water partition coefficient (Wildman–Crippen LogP) is -0.0326. The Morgan fingerprint density at radius 1 is 1.12 bits per heavy atom. The number of fused-ring (bicyclic) bond motifs is 1. The van der Waals surface area contributed by atoms with Gasteiger partial charge in [0, 0.05) is 55.9 Å². The lowest BCUT2D eigenvalue weighted by Gasteiger charge is -2.26. The van der Waals surface area contributed by atoms with Crippen molar-refractivity contribution in [3.63, 3.8) is 0 Å². The zero-order chi connectivity index (χ0) is 17.4. The van der Waals surface area contributed by atoms with Crippen molar-refractivity contribution in [2.24, 2.45) is 0 Å². The summed E-state index contributed by atoms with van der Waals surface area (Å²) in [6, 6.07) is 5.24. The molecule has 1 aliphatic rings. The molecule has 0 atom stereocenters. The van der Waals surface area contributed by atoms with E-state index in [-0.39, 0.29) is 10.8 Å². The summed E-state index contributed by atoms with van der Waals surface area (Å²) in [4.78, 5) is 8.37. The van der Waals surface area contributed by atoms with E-state index in [1.165, 1.54) is 10.5 Å². The number of rotatable bonds is 3. The number of anilines is 1. The summed E-state index contributed by atoms with van der Waals surface area (Å²) in [6.07, 6.45) is 4.75. The first-order valence-electron chi connectivity index (χ1n) is 7.82. The smallest absolute Gasteiger partial charge is 0.244 e. The lowest BCUT2D eigenvalue weighted by molar-refractivity contribution is 0.360. The van der Waals surface area contributed by atoms with Crippen LogP contribution in [0.25, 0.3) is 16.8 Å². The molecule has 0 saturated carbocycles. The van der Waals surface area contributed by atoms with Crippen LogP contribution in [0.15, 0.2) is 41.7 Å². The van der Waals surface area contributed by atoms with Crippen LogP contribution in [0.4, 0.5) is 5.95 Å². The Bertz CT molecular complexity index is 1030. The van der Waals surface area contributed by atoms with E-state index in [2.05, 4.69) is 20.4 Å². The summed E-state index contributed by atoms with van der Waals surface area (Å²) in [5.41, 5.74) is 7.69. The molecule has 0 spiro atoms. The van der Waals surface area contributed by atoms with Crippen molar-refractivity contribution < 1.29 is 8.42 Å². The van der Waals surface area contributed by atoms with E-state index in [9.17, 15) is 8.42 Å². The van der Waals surface area contributed by atoms with Crippen molar-refractivity contribution in [2.45, 2.75) is 4.90 Å². The largest absolute Gasteiger partial charge is 0.366 e. The molecule has 0 bridgehead atoms. The van der Waals surface area contributed by atoms with E-state index in [0.717, 1.165) is 5.56 Å². The van der Waals surface area contributed by atoms with Crippen molar-refractivity contribution in [3.05, 3.63) is 36.8 Å². The van der Waals surface area contributed by atoms with Crippen molar-refractivity contribution >= 4 is 21.6 Å². The highest BCUT2D eigenvalue weighted by Crippen LogP contribution is 2.24. The molecule has 3 aromatic rings. The summed E-state index contributed by atoms with van der Waals surface area (Å²) >= 11 is 0. The Morgan fingerprint density at radius 3 is 2.72 bits per heavy atom. The van der Waals surface area contributed by atoms with Crippen LogP contribution in [0.3, 0.4) is 0 Å². The monoisotopic (exact) mass is 359 g/mol. The maximum atomic E-state index is 12.8. The van der Waals surface area contributed by atoms with Gasteiger partial charge in [0.1, 0.15) is 4.90 Å². The number of aromatic nitrogens is 4. The van der Waals surface area contributed by atoms with Crippen molar-refractivity contribution in [3.8, 4) is 11.1 Å². The van der Waals surface area contributed by atoms with Gasteiger partial charge in [-0.05, 0) is 18.2 Å². The fourth-order valence-corrected chi connectivity index (χ4v) is 4.25. The van der Waals surface area contributed by atoms with Crippen LogP contribution in [-0.4, -0.2) is 58.5 Å². The zero-order valence-electron chi connectivity index (χ0n) is 13.3. The summed E-state index contributed by atoms with van der Waals surface area (Å²) in [5, 5.41) is 7.22. The van der Waals surface area contributed by atoms with Crippen molar-refractivity contribution in [1.82, 2.24) is 29.2 Å². The van der Waals surface area contributed by atoms with E-state index in [1.54, 1.807) is 29.0 Å². The zero-order valence-corrected chi connectivity index (χ0v) is 14.1. The van der Waals surface area contributed by atoms with Gasteiger partial charge < -0.3 is 11.1 Å². The van der Waals surface area contributed by atoms with Gasteiger partial charge in [-0.25, -0.2) is 12.9 Å². The van der Waals surface area contributed by atoms with E-state index < -0.39 is 10.0 Å². The highest BCUT2D eigenvalue weighted by Gasteiger charge is 2.26. The van der Waals surface area contributed by atoms with Crippen LogP contribution >= 0.6 is 0 Å². The first kappa shape index (κ1) is 15.9. The quantitative estimate of drug-likeness (QED) is 0.674. The highest BCUT2D eigenvalue weighted by molar-refractivity contribution is 7.89. The average Bonchev–Trinajstić information content (AvgIpc) is 3.01. The van der Waals surface area contributed by atoms with Gasteiger partial charge >= 0.3 is 0 Å². The van der Waals surface area contributed by atoms with Crippen LogP contribution in [0.5, 0.6) is 0 Å². The lowest BCUT2D eigenvalue weighted by atomic mass is 10.1. The van der Waals surface area contributed by atoms with Gasteiger partial charge in [0.25, 0.3) is 0 Å². The molecule has 10 heteroatoms. The van der Waals surface area contributed by atoms with E-state index in [4.69, 9.17) is 5.73 Å². The Balaban J connectivity index is 1.72. The highest BCUT2D eigenvalue weighted by atomic mass is 32.2. The number of sulfonamides is 1. The normalized spacial score (nSPS) is 16.3. The molecule has 1 fully saturated rings. The molecule has 0 amide bonds. The van der Waals surface area contributed by atoms with E-state index in [1.807, 2.05) is 6.07 Å². The second kappa shape index (κ2) is 6.06. The number of nitrogens with one attached hydrogen (secondary N) is 1. The maximum Gasteiger partial charge on any atom is 0.244 e. The van der Waals surface area contributed by atoms with Crippen LogP contribution in [0.1, 0.15) is 0 Å². The summed E-state index contributed by atoms with van der Waals surface area (Å²) in [6.45, 7) is 2.21. The molecule has 0 unspecified atom stereocenters. The Labute approximate surface area is 144 Å². The number of nitrogens with zero attached hydrogens (tertiary/aromatic N) is 5. The minimum Gasteiger partial charge on any atom is -0.366 e. The minimum atomic E-state index is -3.55. The summed E-state index contributed by atoms with van der Waals surface area (Å²) in [5.74, 6) is 0.185. The molecule has 4 heterocycles. The third-order valence-electron chi connectivity index (χ3n) is 4.11. The van der Waals surface area contributed by atoms with Crippen LogP contribution in [0, 0.1) is 0 Å². The third-order valence-corrected chi connectivity index (χ3v) is 5.97. The number of nitrogens with two attached hydrogens (primary N) is 1. The van der Waals surface area contributed by atoms with E-state index in [0.29, 0.717) is 37.4 Å². The van der Waals surface area contributed by atoms with Gasteiger partial charge in [-0.1, -0.05) is 0 Å². The fourth-order valence-electron chi connectivity index (χ4n) is 2.82. The molecule has 0 radical (unpaired) electrons. The maximum absolute atomic E-state index is 12.8. The van der Waals surface area contributed by atoms with Crippen molar-refractivity contribution in [2.75, 3.05) is 31.9 Å². The molecule has 9 nitrogen and oxygen atoms in total. The number of hydrogen-bond acceptors (Lipinski definition) is 7. The van der Waals surface area contributed by atoms with Crippen LogP contribution in [0.2, 0.25) is 0 Å². The molecule has 25 heavy (non-hydrogen) atoms. The second-order valence-electron chi connectivity index (χ2n) is 5.75. The number of hydrogen-bond donors (Lipinski definition) is 2. The predicted molar refractivity (Wildman–Crippen MR) is 92.3 cm³/mol. The van der Waals surface area contributed by atoms with Gasteiger partial charge in [-0.15, -0.1) is 5.10 Å². The SMILES string of the molecule is Nc1nc2ccc(-c3cncc(S(=O)(=O)N4CCNCC4)c3)cn2n1. The molecule has 0 aromatic carbocycles. The van der Waals surface area contributed by atoms with Gasteiger partial charge in [0.15, 0.2) is 5.65 Å². The number of piperazine rings is 1. The molecule has 1 aliphatic heterocycles. The average molecular weight is 359 g/mol. The molecule has 130 valence electrons. The lowest BCUT2D eigenvalue weighted by Crippen LogP contribution is -2.46. The second-order valence-corrected chi connectivity index (χ2v) is 7.69. The molecular weight excluding hydrogens is 342 g/mol.